The number of nitrogens with one attached hydrogen (secondary N) is 1. The van der Waals surface area contributed by atoms with Crippen LogP contribution in [0.3, 0.4) is 0 Å². The van der Waals surface area contributed by atoms with Gasteiger partial charge in [-0.15, -0.1) is 0 Å². The zero-order valence-electron chi connectivity index (χ0n) is 10.9. The summed E-state index contributed by atoms with van der Waals surface area (Å²) in [5.41, 5.74) is 1.55. The number of carbonyl (C=O) groups is 2. The smallest absolute Gasteiger partial charge is 0.407 e. The van der Waals surface area contributed by atoms with Gasteiger partial charge in [-0.1, -0.05) is 36.9 Å². The summed E-state index contributed by atoms with van der Waals surface area (Å²) in [4.78, 5) is 21.7. The average Bonchev–Trinajstić information content (AvgIpc) is 2.45. The molecule has 0 saturated carbocycles. The van der Waals surface area contributed by atoms with Gasteiger partial charge in [-0.3, -0.25) is 4.79 Å². The van der Waals surface area contributed by atoms with Crippen molar-refractivity contribution in [1.29, 1.82) is 0 Å². The number of allylic oxidation sites excluding steroid dienone is 1. The fourth-order valence-electron chi connectivity index (χ4n) is 1.50. The molecule has 0 aromatic heterocycles. The Labute approximate surface area is 113 Å². The van der Waals surface area contributed by atoms with Crippen molar-refractivity contribution < 1.29 is 14.3 Å². The molecular formula is C15H19NO3. The molecule has 0 bridgehead atoms. The number of aldehydes is 1. The van der Waals surface area contributed by atoms with Gasteiger partial charge in [0.15, 0.2) is 0 Å². The summed E-state index contributed by atoms with van der Waals surface area (Å²) in [7, 11) is 0. The Morgan fingerprint density at radius 1 is 1.26 bits per heavy atom. The van der Waals surface area contributed by atoms with Gasteiger partial charge in [-0.05, 0) is 30.4 Å². The van der Waals surface area contributed by atoms with Gasteiger partial charge in [0.1, 0.15) is 12.9 Å². The second-order valence-electron chi connectivity index (χ2n) is 4.22. The zero-order chi connectivity index (χ0) is 13.9. The van der Waals surface area contributed by atoms with Crippen LogP contribution in [0.25, 0.3) is 0 Å². The minimum absolute atomic E-state index is 0.272. The zero-order valence-corrected chi connectivity index (χ0v) is 10.9. The molecule has 0 aliphatic rings. The number of carbonyl (C=O) groups excluding carboxylic acids is 2. The Morgan fingerprint density at radius 2 is 2.00 bits per heavy atom. The Balaban J connectivity index is 2.05. The molecule has 0 fully saturated rings. The molecule has 1 amide bonds. The lowest BCUT2D eigenvalue weighted by molar-refractivity contribution is -0.105. The molecule has 0 aliphatic heterocycles. The van der Waals surface area contributed by atoms with E-state index >= 15 is 0 Å². The van der Waals surface area contributed by atoms with Crippen molar-refractivity contribution in [1.82, 2.24) is 5.32 Å². The van der Waals surface area contributed by atoms with Gasteiger partial charge in [-0.2, -0.15) is 0 Å². The molecule has 102 valence electrons. The number of ether oxygens (including phenoxy) is 1. The third-order valence-corrected chi connectivity index (χ3v) is 2.57. The topological polar surface area (TPSA) is 55.4 Å². The highest BCUT2D eigenvalue weighted by molar-refractivity contribution is 5.71. The number of benzene rings is 1. The summed E-state index contributed by atoms with van der Waals surface area (Å²) in [6.07, 6.45) is 2.65. The van der Waals surface area contributed by atoms with Crippen LogP contribution in [0, 0.1) is 0 Å². The Kier molecular flexibility index (Phi) is 7.02. The largest absolute Gasteiger partial charge is 0.445 e. The third kappa shape index (κ3) is 7.03. The van der Waals surface area contributed by atoms with Gasteiger partial charge in [0.25, 0.3) is 0 Å². The van der Waals surface area contributed by atoms with Crippen molar-refractivity contribution in [2.24, 2.45) is 0 Å². The quantitative estimate of drug-likeness (QED) is 0.445. The normalized spacial score (nSPS) is 9.68. The maximum atomic E-state index is 11.4. The number of alkyl carbamates (subject to hydrolysis) is 1. The number of hydrogen-bond donors (Lipinski definition) is 1. The first-order chi connectivity index (χ1) is 9.22. The van der Waals surface area contributed by atoms with Crippen molar-refractivity contribution in [2.75, 3.05) is 6.54 Å². The second-order valence-corrected chi connectivity index (χ2v) is 4.22. The van der Waals surface area contributed by atoms with Gasteiger partial charge in [0.2, 0.25) is 0 Å². The van der Waals surface area contributed by atoms with Crippen LogP contribution in [0.2, 0.25) is 0 Å². The maximum absolute atomic E-state index is 11.4. The second kappa shape index (κ2) is 8.91. The van der Waals surface area contributed by atoms with E-state index in [1.54, 1.807) is 0 Å². The molecule has 0 saturated heterocycles. The van der Waals surface area contributed by atoms with E-state index in [-0.39, 0.29) is 6.61 Å². The Bertz CT molecular complexity index is 415. The van der Waals surface area contributed by atoms with E-state index in [0.717, 1.165) is 24.7 Å². The van der Waals surface area contributed by atoms with Gasteiger partial charge >= 0.3 is 6.09 Å². The molecule has 0 spiro atoms. The van der Waals surface area contributed by atoms with Crippen LogP contribution in [-0.4, -0.2) is 18.9 Å². The first-order valence-electron chi connectivity index (χ1n) is 6.30. The van der Waals surface area contributed by atoms with Crippen LogP contribution in [-0.2, 0) is 16.1 Å². The van der Waals surface area contributed by atoms with Crippen LogP contribution in [0.5, 0.6) is 0 Å². The monoisotopic (exact) mass is 261 g/mol. The van der Waals surface area contributed by atoms with Crippen LogP contribution < -0.4 is 5.32 Å². The minimum Gasteiger partial charge on any atom is -0.445 e. The molecule has 0 radical (unpaired) electrons. The molecule has 19 heavy (non-hydrogen) atoms. The Morgan fingerprint density at radius 3 is 2.68 bits per heavy atom. The summed E-state index contributed by atoms with van der Waals surface area (Å²) < 4.78 is 5.05. The predicted octanol–water partition coefficient (Wildman–Crippen LogP) is 2.84. The summed E-state index contributed by atoms with van der Waals surface area (Å²) in [5.74, 6) is 0. The highest BCUT2D eigenvalue weighted by atomic mass is 16.5. The predicted molar refractivity (Wildman–Crippen MR) is 73.7 cm³/mol. The van der Waals surface area contributed by atoms with Gasteiger partial charge in [0, 0.05) is 6.54 Å². The van der Waals surface area contributed by atoms with Crippen molar-refractivity contribution in [3.63, 3.8) is 0 Å². The minimum atomic E-state index is -0.418. The first-order valence-corrected chi connectivity index (χ1v) is 6.30. The van der Waals surface area contributed by atoms with Gasteiger partial charge < -0.3 is 10.1 Å². The molecule has 4 heteroatoms. The number of amides is 1. The SMILES string of the molecule is C=C(C=O)CCCCNC(=O)OCc1ccccc1. The fourth-order valence-corrected chi connectivity index (χ4v) is 1.50. The van der Waals surface area contributed by atoms with E-state index in [4.69, 9.17) is 4.74 Å². The van der Waals surface area contributed by atoms with E-state index in [9.17, 15) is 9.59 Å². The first kappa shape index (κ1) is 15.0. The molecule has 0 heterocycles. The lowest BCUT2D eigenvalue weighted by Gasteiger charge is -2.06. The van der Waals surface area contributed by atoms with E-state index in [0.29, 0.717) is 18.5 Å². The third-order valence-electron chi connectivity index (χ3n) is 2.57. The number of rotatable bonds is 8. The molecule has 1 N–H and O–H groups in total. The van der Waals surface area contributed by atoms with Crippen molar-refractivity contribution >= 4 is 12.4 Å². The molecule has 0 unspecified atom stereocenters. The van der Waals surface area contributed by atoms with Crippen LogP contribution in [0.4, 0.5) is 4.79 Å². The van der Waals surface area contributed by atoms with Crippen LogP contribution in [0.1, 0.15) is 24.8 Å². The average molecular weight is 261 g/mol. The van der Waals surface area contributed by atoms with Crippen LogP contribution in [0.15, 0.2) is 42.5 Å². The highest BCUT2D eigenvalue weighted by Crippen LogP contribution is 2.02. The van der Waals surface area contributed by atoms with Crippen molar-refractivity contribution in [2.45, 2.75) is 25.9 Å². The lowest BCUT2D eigenvalue weighted by Crippen LogP contribution is -2.25. The summed E-state index contributed by atoms with van der Waals surface area (Å²) in [5, 5.41) is 2.67. The van der Waals surface area contributed by atoms with Crippen LogP contribution >= 0.6 is 0 Å². The molecule has 4 nitrogen and oxygen atoms in total. The van der Waals surface area contributed by atoms with E-state index < -0.39 is 6.09 Å². The summed E-state index contributed by atoms with van der Waals surface area (Å²) in [6.45, 7) is 4.40. The molecule has 1 aromatic rings. The van der Waals surface area contributed by atoms with E-state index in [2.05, 4.69) is 11.9 Å². The summed E-state index contributed by atoms with van der Waals surface area (Å²) in [6, 6.07) is 9.51. The fraction of sp³-hybridized carbons (Fsp3) is 0.333. The maximum Gasteiger partial charge on any atom is 0.407 e. The van der Waals surface area contributed by atoms with Crippen molar-refractivity contribution in [3.8, 4) is 0 Å². The number of unbranched alkanes of at least 4 members (excludes halogenated alkanes) is 1. The van der Waals surface area contributed by atoms with E-state index in [1.165, 1.54) is 0 Å². The number of hydrogen-bond acceptors (Lipinski definition) is 3. The van der Waals surface area contributed by atoms with Gasteiger partial charge in [0.05, 0.1) is 0 Å². The molecular weight excluding hydrogens is 242 g/mol. The van der Waals surface area contributed by atoms with E-state index in [1.807, 2.05) is 30.3 Å². The van der Waals surface area contributed by atoms with Crippen molar-refractivity contribution in [3.05, 3.63) is 48.0 Å². The lowest BCUT2D eigenvalue weighted by atomic mass is 10.1. The molecule has 0 atom stereocenters. The highest BCUT2D eigenvalue weighted by Gasteiger charge is 2.01. The standard InChI is InChI=1S/C15H19NO3/c1-13(11-17)7-5-6-10-16-15(18)19-12-14-8-3-2-4-9-14/h2-4,8-9,11H,1,5-7,10,12H2,(H,16,18). The summed E-state index contributed by atoms with van der Waals surface area (Å²) >= 11 is 0. The Hall–Kier alpha value is -2.10. The van der Waals surface area contributed by atoms with Gasteiger partial charge in [-0.25, -0.2) is 4.79 Å². The molecule has 1 rings (SSSR count). The molecule has 0 aliphatic carbocycles. The molecule has 1 aromatic carbocycles.